The summed E-state index contributed by atoms with van der Waals surface area (Å²) in [5.74, 6) is 0.647. The standard InChI is InChI=1S/C17H25N3S/c1-3-9-18-16(12-13-7-10-20(2)19-13)14-5-4-6-17-15(14)8-11-21-17/h7-8,10-11,14,16,18H,3-6,9,12H2,1-2H3. The highest BCUT2D eigenvalue weighted by Crippen LogP contribution is 2.37. The lowest BCUT2D eigenvalue weighted by atomic mass is 9.81. The van der Waals surface area contributed by atoms with E-state index in [4.69, 9.17) is 0 Å². The first-order valence-electron chi connectivity index (χ1n) is 8.06. The number of fused-ring (bicyclic) bond motifs is 1. The molecule has 3 nitrogen and oxygen atoms in total. The van der Waals surface area contributed by atoms with Crippen molar-refractivity contribution in [1.29, 1.82) is 0 Å². The fourth-order valence-corrected chi connectivity index (χ4v) is 4.42. The first kappa shape index (κ1) is 14.8. The van der Waals surface area contributed by atoms with Gasteiger partial charge in [0.15, 0.2) is 0 Å². The second kappa shape index (κ2) is 6.75. The van der Waals surface area contributed by atoms with Crippen molar-refractivity contribution in [2.45, 2.75) is 51.0 Å². The second-order valence-electron chi connectivity index (χ2n) is 6.04. The van der Waals surface area contributed by atoms with Gasteiger partial charge in [0.1, 0.15) is 0 Å². The van der Waals surface area contributed by atoms with E-state index in [0.29, 0.717) is 12.0 Å². The largest absolute Gasteiger partial charge is 0.313 e. The lowest BCUT2D eigenvalue weighted by molar-refractivity contribution is 0.388. The van der Waals surface area contributed by atoms with Crippen molar-refractivity contribution in [2.75, 3.05) is 6.54 Å². The van der Waals surface area contributed by atoms with Gasteiger partial charge in [0.05, 0.1) is 5.69 Å². The summed E-state index contributed by atoms with van der Waals surface area (Å²) >= 11 is 1.93. The third-order valence-electron chi connectivity index (χ3n) is 4.44. The molecule has 2 atom stereocenters. The Kier molecular flexibility index (Phi) is 4.76. The van der Waals surface area contributed by atoms with Gasteiger partial charge in [0.2, 0.25) is 0 Å². The zero-order chi connectivity index (χ0) is 14.7. The Hall–Kier alpha value is -1.13. The van der Waals surface area contributed by atoms with E-state index in [1.54, 1.807) is 10.4 Å². The summed E-state index contributed by atoms with van der Waals surface area (Å²) in [6.45, 7) is 3.33. The molecule has 0 radical (unpaired) electrons. The molecule has 0 spiro atoms. The van der Waals surface area contributed by atoms with Crippen LogP contribution in [0.5, 0.6) is 0 Å². The minimum Gasteiger partial charge on any atom is -0.313 e. The molecule has 0 saturated heterocycles. The van der Waals surface area contributed by atoms with E-state index in [9.17, 15) is 0 Å². The first-order chi connectivity index (χ1) is 10.3. The summed E-state index contributed by atoms with van der Waals surface area (Å²) in [4.78, 5) is 1.61. The van der Waals surface area contributed by atoms with Crippen LogP contribution in [-0.2, 0) is 19.9 Å². The molecule has 114 valence electrons. The van der Waals surface area contributed by atoms with Crippen molar-refractivity contribution in [3.63, 3.8) is 0 Å². The monoisotopic (exact) mass is 303 g/mol. The van der Waals surface area contributed by atoms with Gasteiger partial charge in [0, 0.05) is 36.5 Å². The van der Waals surface area contributed by atoms with Crippen LogP contribution in [-0.4, -0.2) is 22.4 Å². The van der Waals surface area contributed by atoms with Crippen molar-refractivity contribution in [1.82, 2.24) is 15.1 Å². The molecule has 2 unspecified atom stereocenters. The number of aryl methyl sites for hydroxylation is 2. The van der Waals surface area contributed by atoms with Gasteiger partial charge >= 0.3 is 0 Å². The molecule has 3 rings (SSSR count). The van der Waals surface area contributed by atoms with E-state index in [-0.39, 0.29) is 0 Å². The lowest BCUT2D eigenvalue weighted by Gasteiger charge is -2.31. The highest BCUT2D eigenvalue weighted by molar-refractivity contribution is 7.10. The van der Waals surface area contributed by atoms with Gasteiger partial charge in [-0.05, 0) is 55.3 Å². The van der Waals surface area contributed by atoms with Crippen LogP contribution in [0, 0.1) is 0 Å². The fraction of sp³-hybridized carbons (Fsp3) is 0.588. The van der Waals surface area contributed by atoms with Crippen LogP contribution in [0.4, 0.5) is 0 Å². The summed E-state index contributed by atoms with van der Waals surface area (Å²) in [6.07, 6.45) is 8.15. The number of aromatic nitrogens is 2. The molecule has 0 fully saturated rings. The molecule has 4 heteroatoms. The van der Waals surface area contributed by atoms with Gasteiger partial charge in [-0.2, -0.15) is 5.10 Å². The third kappa shape index (κ3) is 3.38. The Balaban J connectivity index is 1.79. The molecule has 1 N–H and O–H groups in total. The quantitative estimate of drug-likeness (QED) is 0.885. The van der Waals surface area contributed by atoms with E-state index in [2.05, 4.69) is 34.9 Å². The summed E-state index contributed by atoms with van der Waals surface area (Å²) in [7, 11) is 2.00. The first-order valence-corrected chi connectivity index (χ1v) is 8.94. The number of hydrogen-bond donors (Lipinski definition) is 1. The number of nitrogens with zero attached hydrogens (tertiary/aromatic N) is 2. The van der Waals surface area contributed by atoms with Crippen LogP contribution >= 0.6 is 11.3 Å². The Morgan fingerprint density at radius 2 is 2.38 bits per heavy atom. The molecule has 1 aliphatic carbocycles. The molecule has 21 heavy (non-hydrogen) atoms. The maximum Gasteiger partial charge on any atom is 0.0640 e. The smallest absolute Gasteiger partial charge is 0.0640 e. The predicted octanol–water partition coefficient (Wildman–Crippen LogP) is 3.51. The minimum absolute atomic E-state index is 0.508. The van der Waals surface area contributed by atoms with Gasteiger partial charge in [-0.1, -0.05) is 6.92 Å². The highest BCUT2D eigenvalue weighted by atomic mass is 32.1. The van der Waals surface area contributed by atoms with Gasteiger partial charge in [-0.15, -0.1) is 11.3 Å². The molecule has 2 heterocycles. The van der Waals surface area contributed by atoms with E-state index < -0.39 is 0 Å². The highest BCUT2D eigenvalue weighted by Gasteiger charge is 2.28. The normalized spacial score (nSPS) is 19.4. The predicted molar refractivity (Wildman–Crippen MR) is 89.0 cm³/mol. The number of hydrogen-bond acceptors (Lipinski definition) is 3. The van der Waals surface area contributed by atoms with Gasteiger partial charge in [-0.3, -0.25) is 4.68 Å². The topological polar surface area (TPSA) is 29.9 Å². The Labute approximate surface area is 131 Å². The van der Waals surface area contributed by atoms with Gasteiger partial charge in [-0.25, -0.2) is 0 Å². The molecule has 0 aliphatic heterocycles. The third-order valence-corrected chi connectivity index (χ3v) is 5.43. The summed E-state index contributed by atoms with van der Waals surface area (Å²) in [5.41, 5.74) is 2.80. The van der Waals surface area contributed by atoms with Crippen molar-refractivity contribution in [3.8, 4) is 0 Å². The van der Waals surface area contributed by atoms with Crippen molar-refractivity contribution in [2.24, 2.45) is 7.05 Å². The maximum absolute atomic E-state index is 4.58. The van der Waals surface area contributed by atoms with Crippen LogP contribution in [0.15, 0.2) is 23.7 Å². The Bertz CT molecular complexity index is 572. The number of nitrogens with one attached hydrogen (secondary N) is 1. The zero-order valence-corrected chi connectivity index (χ0v) is 13.8. The molecule has 0 saturated carbocycles. The van der Waals surface area contributed by atoms with Crippen LogP contribution in [0.25, 0.3) is 0 Å². The van der Waals surface area contributed by atoms with E-state index >= 15 is 0 Å². The lowest BCUT2D eigenvalue weighted by Crippen LogP contribution is -2.38. The molecule has 0 aromatic carbocycles. The van der Waals surface area contributed by atoms with Crippen molar-refractivity contribution >= 4 is 11.3 Å². The van der Waals surface area contributed by atoms with Crippen molar-refractivity contribution in [3.05, 3.63) is 39.8 Å². The molecule has 2 aromatic rings. The summed E-state index contributed by atoms with van der Waals surface area (Å²) in [5, 5.41) is 10.6. The average molecular weight is 303 g/mol. The van der Waals surface area contributed by atoms with Crippen LogP contribution < -0.4 is 5.32 Å². The average Bonchev–Trinajstić information content (AvgIpc) is 3.11. The molecular weight excluding hydrogens is 278 g/mol. The van der Waals surface area contributed by atoms with E-state index in [1.165, 1.54) is 31.4 Å². The van der Waals surface area contributed by atoms with E-state index in [1.807, 2.05) is 29.3 Å². The maximum atomic E-state index is 4.58. The Morgan fingerprint density at radius 1 is 1.48 bits per heavy atom. The molecule has 2 aromatic heterocycles. The van der Waals surface area contributed by atoms with Gasteiger partial charge in [0.25, 0.3) is 0 Å². The number of rotatable bonds is 6. The zero-order valence-electron chi connectivity index (χ0n) is 13.0. The summed E-state index contributed by atoms with van der Waals surface area (Å²) < 4.78 is 1.91. The summed E-state index contributed by atoms with van der Waals surface area (Å²) in [6, 6.07) is 5.01. The van der Waals surface area contributed by atoms with Crippen LogP contribution in [0.1, 0.15) is 48.2 Å². The molecule has 0 bridgehead atoms. The number of thiophene rings is 1. The van der Waals surface area contributed by atoms with E-state index in [0.717, 1.165) is 13.0 Å². The molecular formula is C17H25N3S. The Morgan fingerprint density at radius 3 is 3.14 bits per heavy atom. The fourth-order valence-electron chi connectivity index (χ4n) is 3.42. The minimum atomic E-state index is 0.508. The SMILES string of the molecule is CCCNC(Cc1ccn(C)n1)C1CCCc2sccc21. The van der Waals surface area contributed by atoms with Crippen LogP contribution in [0.3, 0.4) is 0 Å². The van der Waals surface area contributed by atoms with Crippen LogP contribution in [0.2, 0.25) is 0 Å². The molecule has 0 amide bonds. The second-order valence-corrected chi connectivity index (χ2v) is 7.04. The van der Waals surface area contributed by atoms with Gasteiger partial charge < -0.3 is 5.32 Å². The molecule has 1 aliphatic rings. The van der Waals surface area contributed by atoms with Crippen molar-refractivity contribution < 1.29 is 0 Å².